The molecule has 1 rings (SSSR count). The maximum atomic E-state index is 4.18. The van der Waals surface area contributed by atoms with Crippen LogP contribution in [0.25, 0.3) is 0 Å². The van der Waals surface area contributed by atoms with Crippen molar-refractivity contribution < 1.29 is 11.2 Å². The average Bonchev–Trinajstić information content (AvgIpc) is 2.27. The van der Waals surface area contributed by atoms with E-state index in [9.17, 15) is 0 Å². The van der Waals surface area contributed by atoms with Gasteiger partial charge in [-0.25, -0.2) is 0 Å². The molecule has 0 aliphatic carbocycles. The molecule has 0 bridgehead atoms. The van der Waals surface area contributed by atoms with Crippen molar-refractivity contribution in [2.24, 2.45) is 0 Å². The maximum absolute atomic E-state index is 4.18. The zero-order valence-corrected chi connectivity index (χ0v) is 11.1. The summed E-state index contributed by atoms with van der Waals surface area (Å²) in [6.07, 6.45) is 4.53. The zero-order chi connectivity index (χ0) is 11.4. The van der Waals surface area contributed by atoms with Crippen molar-refractivity contribution >= 4 is 5.69 Å². The largest absolute Gasteiger partial charge is 0.870 e. The highest BCUT2D eigenvalue weighted by Crippen LogP contribution is 2.26. The van der Waals surface area contributed by atoms with Crippen LogP contribution in [0.3, 0.4) is 0 Å². The van der Waals surface area contributed by atoms with Crippen LogP contribution in [0.15, 0.2) is 6.07 Å². The molecular formula is C14H25NO. The van der Waals surface area contributed by atoms with Gasteiger partial charge in [-0.1, -0.05) is 27.7 Å². The van der Waals surface area contributed by atoms with E-state index in [1.807, 2.05) is 0 Å². The van der Waals surface area contributed by atoms with Crippen molar-refractivity contribution in [1.82, 2.24) is 0 Å². The van der Waals surface area contributed by atoms with Gasteiger partial charge in [-0.15, -0.1) is 0 Å². The molecule has 0 saturated heterocycles. The predicted molar refractivity (Wildman–Crippen MR) is 68.4 cm³/mol. The first-order valence-electron chi connectivity index (χ1n) is 6.17. The minimum absolute atomic E-state index is 0. The molecule has 0 saturated carbocycles. The molecule has 0 fully saturated rings. The molecule has 0 aliphatic heterocycles. The van der Waals surface area contributed by atoms with Gasteiger partial charge in [0.2, 0.25) is 0 Å². The number of quaternary nitrogens is 1. The molecule has 1 aromatic carbocycles. The first kappa shape index (κ1) is 15.1. The molecule has 2 nitrogen and oxygen atoms in total. The van der Waals surface area contributed by atoms with Crippen molar-refractivity contribution in [3.63, 3.8) is 0 Å². The third-order valence-electron chi connectivity index (χ3n) is 3.29. The van der Waals surface area contributed by atoms with E-state index in [1.54, 1.807) is 11.1 Å². The lowest BCUT2D eigenvalue weighted by atomic mass is 9.89. The van der Waals surface area contributed by atoms with Crippen molar-refractivity contribution in [2.75, 3.05) is 0 Å². The number of hydrogen-bond donors (Lipinski definition) is 1. The summed E-state index contributed by atoms with van der Waals surface area (Å²) < 4.78 is 0. The van der Waals surface area contributed by atoms with Gasteiger partial charge < -0.3 is 11.2 Å². The first-order chi connectivity index (χ1) is 7.19. The average molecular weight is 223 g/mol. The number of benzene rings is 1. The van der Waals surface area contributed by atoms with Crippen molar-refractivity contribution in [2.45, 2.75) is 53.4 Å². The SMILES string of the molecule is CCc1cc([NH3+])c(CC)c(CC)c1CC.[OH-]. The second kappa shape index (κ2) is 6.66. The standard InChI is InChI=1S/C14H23N.H2O/c1-5-10-9-14(15)13(8-4)12(7-3)11(10)6-2;/h9H,5-8,15H2,1-4H3;1H2. The van der Waals surface area contributed by atoms with Crippen molar-refractivity contribution in [3.8, 4) is 0 Å². The molecule has 0 heterocycles. The normalized spacial score (nSPS) is 10.1. The van der Waals surface area contributed by atoms with Crippen LogP contribution in [0, 0.1) is 0 Å². The van der Waals surface area contributed by atoms with Crippen molar-refractivity contribution in [1.29, 1.82) is 0 Å². The molecule has 92 valence electrons. The molecule has 16 heavy (non-hydrogen) atoms. The fourth-order valence-electron chi connectivity index (χ4n) is 2.58. The highest BCUT2D eigenvalue weighted by Gasteiger charge is 2.13. The molecule has 0 amide bonds. The van der Waals surface area contributed by atoms with E-state index in [1.165, 1.54) is 16.8 Å². The fraction of sp³-hybridized carbons (Fsp3) is 0.571. The van der Waals surface area contributed by atoms with E-state index in [-0.39, 0.29) is 5.48 Å². The molecule has 0 aliphatic rings. The second-order valence-corrected chi connectivity index (χ2v) is 4.04. The predicted octanol–water partition coefficient (Wildman–Crippen LogP) is 2.63. The Morgan fingerprint density at radius 2 is 1.31 bits per heavy atom. The van der Waals surface area contributed by atoms with Gasteiger partial charge in [-0.05, 0) is 42.4 Å². The third kappa shape index (κ3) is 2.63. The highest BCUT2D eigenvalue weighted by atomic mass is 16.0. The molecular weight excluding hydrogens is 198 g/mol. The van der Waals surface area contributed by atoms with E-state index < -0.39 is 0 Å². The van der Waals surface area contributed by atoms with Crippen LogP contribution in [-0.2, 0) is 25.7 Å². The molecule has 1 aromatic rings. The van der Waals surface area contributed by atoms with Crippen LogP contribution < -0.4 is 5.73 Å². The van der Waals surface area contributed by atoms with Gasteiger partial charge in [0.1, 0.15) is 5.69 Å². The summed E-state index contributed by atoms with van der Waals surface area (Å²) in [4.78, 5) is 0. The maximum Gasteiger partial charge on any atom is 0.131 e. The van der Waals surface area contributed by atoms with Crippen molar-refractivity contribution in [3.05, 3.63) is 28.3 Å². The topological polar surface area (TPSA) is 57.6 Å². The Morgan fingerprint density at radius 1 is 0.812 bits per heavy atom. The van der Waals surface area contributed by atoms with Gasteiger partial charge in [0.25, 0.3) is 0 Å². The van der Waals surface area contributed by atoms with Gasteiger partial charge in [-0.3, -0.25) is 0 Å². The Kier molecular flexibility index (Phi) is 6.31. The summed E-state index contributed by atoms with van der Waals surface area (Å²) in [5.74, 6) is 0. The van der Waals surface area contributed by atoms with E-state index in [4.69, 9.17) is 0 Å². The Bertz CT molecular complexity index is 345. The smallest absolute Gasteiger partial charge is 0.131 e. The minimum Gasteiger partial charge on any atom is -0.870 e. The lowest BCUT2D eigenvalue weighted by Crippen LogP contribution is -2.42. The summed E-state index contributed by atoms with van der Waals surface area (Å²) in [6.45, 7) is 8.98. The molecule has 0 unspecified atom stereocenters. The van der Waals surface area contributed by atoms with Crippen LogP contribution in [0.1, 0.15) is 49.9 Å². The molecule has 0 radical (unpaired) electrons. The lowest BCUT2D eigenvalue weighted by molar-refractivity contribution is -0.255. The molecule has 0 aromatic heterocycles. The third-order valence-corrected chi connectivity index (χ3v) is 3.29. The van der Waals surface area contributed by atoms with Crippen LogP contribution in [-0.4, -0.2) is 5.48 Å². The van der Waals surface area contributed by atoms with E-state index in [2.05, 4.69) is 39.5 Å². The summed E-state index contributed by atoms with van der Waals surface area (Å²) in [5, 5.41) is 0. The molecule has 2 heteroatoms. The zero-order valence-electron chi connectivity index (χ0n) is 11.1. The Balaban J connectivity index is 0.00000225. The van der Waals surface area contributed by atoms with E-state index >= 15 is 0 Å². The van der Waals surface area contributed by atoms with E-state index in [0.29, 0.717) is 0 Å². The van der Waals surface area contributed by atoms with Gasteiger partial charge in [-0.2, -0.15) is 0 Å². The lowest BCUT2D eigenvalue weighted by Gasteiger charge is -2.16. The Labute approximate surface area is 99.2 Å². The summed E-state index contributed by atoms with van der Waals surface area (Å²) >= 11 is 0. The summed E-state index contributed by atoms with van der Waals surface area (Å²) in [6, 6.07) is 2.29. The Morgan fingerprint density at radius 3 is 1.69 bits per heavy atom. The van der Waals surface area contributed by atoms with Gasteiger partial charge in [0, 0.05) is 11.6 Å². The van der Waals surface area contributed by atoms with Gasteiger partial charge in [0.15, 0.2) is 0 Å². The summed E-state index contributed by atoms with van der Waals surface area (Å²) in [7, 11) is 0. The van der Waals surface area contributed by atoms with Crippen LogP contribution >= 0.6 is 0 Å². The summed E-state index contributed by atoms with van der Waals surface area (Å²) in [5.41, 5.74) is 11.5. The monoisotopic (exact) mass is 223 g/mol. The van der Waals surface area contributed by atoms with Gasteiger partial charge in [0.05, 0.1) is 0 Å². The molecule has 4 N–H and O–H groups in total. The van der Waals surface area contributed by atoms with Crippen LogP contribution in [0.4, 0.5) is 5.69 Å². The fourth-order valence-corrected chi connectivity index (χ4v) is 2.58. The van der Waals surface area contributed by atoms with E-state index in [0.717, 1.165) is 25.7 Å². The molecule has 0 atom stereocenters. The minimum atomic E-state index is 0. The van der Waals surface area contributed by atoms with Gasteiger partial charge >= 0.3 is 0 Å². The number of aryl methyl sites for hydroxylation is 1. The van der Waals surface area contributed by atoms with Crippen LogP contribution in [0.2, 0.25) is 0 Å². The number of rotatable bonds is 4. The van der Waals surface area contributed by atoms with Crippen LogP contribution in [0.5, 0.6) is 0 Å². The number of hydrogen-bond acceptors (Lipinski definition) is 1. The highest BCUT2D eigenvalue weighted by molar-refractivity contribution is 5.53. The Hall–Kier alpha value is -0.860. The first-order valence-corrected chi connectivity index (χ1v) is 6.17. The quantitative estimate of drug-likeness (QED) is 0.838. The molecule has 0 spiro atoms. The second-order valence-electron chi connectivity index (χ2n) is 4.04.